The molecule has 1 aromatic rings. The molecule has 5 nitrogen and oxygen atoms in total. The molecule has 0 spiro atoms. The molecule has 0 saturated heterocycles. The Kier molecular flexibility index (Phi) is 2.95. The Balaban J connectivity index is 1.90. The normalized spacial score (nSPS) is 31.1. The second-order valence-corrected chi connectivity index (χ2v) is 4.14. The Bertz CT molecular complexity index is 277. The SMILES string of the molecule is CCOC1CC(N)C1Nc1nncs1. The molecule has 2 rings (SSSR count). The topological polar surface area (TPSA) is 73.1 Å². The van der Waals surface area contributed by atoms with Gasteiger partial charge in [0.15, 0.2) is 0 Å². The van der Waals surface area contributed by atoms with Crippen molar-refractivity contribution in [3.63, 3.8) is 0 Å². The minimum absolute atomic E-state index is 0.162. The van der Waals surface area contributed by atoms with E-state index in [1.807, 2.05) is 6.92 Å². The molecule has 1 heterocycles. The van der Waals surface area contributed by atoms with Crippen molar-refractivity contribution in [2.75, 3.05) is 11.9 Å². The van der Waals surface area contributed by atoms with Crippen LogP contribution in [0.3, 0.4) is 0 Å². The van der Waals surface area contributed by atoms with Crippen LogP contribution in [0.5, 0.6) is 0 Å². The van der Waals surface area contributed by atoms with Gasteiger partial charge in [0.2, 0.25) is 5.13 Å². The van der Waals surface area contributed by atoms with E-state index < -0.39 is 0 Å². The zero-order valence-corrected chi connectivity index (χ0v) is 8.83. The number of nitrogens with two attached hydrogens (primary N) is 1. The van der Waals surface area contributed by atoms with Crippen LogP contribution in [0.15, 0.2) is 5.51 Å². The fraction of sp³-hybridized carbons (Fsp3) is 0.750. The third-order valence-corrected chi connectivity index (χ3v) is 3.02. The van der Waals surface area contributed by atoms with Gasteiger partial charge in [0.1, 0.15) is 5.51 Å². The predicted molar refractivity (Wildman–Crippen MR) is 55.3 cm³/mol. The maximum atomic E-state index is 5.87. The number of nitrogens with one attached hydrogen (secondary N) is 1. The van der Waals surface area contributed by atoms with E-state index in [4.69, 9.17) is 10.5 Å². The number of anilines is 1. The lowest BCUT2D eigenvalue weighted by molar-refractivity contribution is -0.0126. The first-order valence-corrected chi connectivity index (χ1v) is 5.59. The number of hydrogen-bond donors (Lipinski definition) is 2. The van der Waals surface area contributed by atoms with Crippen molar-refractivity contribution in [2.24, 2.45) is 5.73 Å². The highest BCUT2D eigenvalue weighted by Crippen LogP contribution is 2.26. The van der Waals surface area contributed by atoms with E-state index in [9.17, 15) is 0 Å². The Morgan fingerprint density at radius 1 is 1.79 bits per heavy atom. The summed E-state index contributed by atoms with van der Waals surface area (Å²) in [5.74, 6) is 0. The van der Waals surface area contributed by atoms with Gasteiger partial charge in [0, 0.05) is 12.6 Å². The zero-order chi connectivity index (χ0) is 9.97. The monoisotopic (exact) mass is 214 g/mol. The Morgan fingerprint density at radius 3 is 3.21 bits per heavy atom. The molecule has 6 heteroatoms. The number of ether oxygens (including phenoxy) is 1. The average molecular weight is 214 g/mol. The molecule has 1 aliphatic rings. The highest BCUT2D eigenvalue weighted by Gasteiger charge is 2.39. The van der Waals surface area contributed by atoms with E-state index >= 15 is 0 Å². The summed E-state index contributed by atoms with van der Waals surface area (Å²) in [7, 11) is 0. The third kappa shape index (κ3) is 1.87. The molecule has 0 radical (unpaired) electrons. The van der Waals surface area contributed by atoms with Gasteiger partial charge in [-0.2, -0.15) is 0 Å². The summed E-state index contributed by atoms with van der Waals surface area (Å²) in [6.45, 7) is 2.72. The van der Waals surface area contributed by atoms with Gasteiger partial charge in [-0.1, -0.05) is 11.3 Å². The van der Waals surface area contributed by atoms with E-state index in [0.29, 0.717) is 0 Å². The molecule has 1 saturated carbocycles. The van der Waals surface area contributed by atoms with Crippen LogP contribution in [0.2, 0.25) is 0 Å². The Hall–Kier alpha value is -0.720. The number of aromatic nitrogens is 2. The summed E-state index contributed by atoms with van der Waals surface area (Å²) in [4.78, 5) is 0. The molecule has 3 unspecified atom stereocenters. The summed E-state index contributed by atoms with van der Waals surface area (Å²) < 4.78 is 5.52. The van der Waals surface area contributed by atoms with Crippen LogP contribution in [0.4, 0.5) is 5.13 Å². The molecule has 1 aliphatic carbocycles. The molecule has 0 bridgehead atoms. The van der Waals surface area contributed by atoms with Gasteiger partial charge >= 0.3 is 0 Å². The zero-order valence-electron chi connectivity index (χ0n) is 8.01. The highest BCUT2D eigenvalue weighted by molar-refractivity contribution is 7.13. The van der Waals surface area contributed by atoms with Crippen molar-refractivity contribution in [2.45, 2.75) is 31.5 Å². The molecule has 0 amide bonds. The molecule has 14 heavy (non-hydrogen) atoms. The van der Waals surface area contributed by atoms with Gasteiger partial charge in [0.25, 0.3) is 0 Å². The van der Waals surface area contributed by atoms with Crippen LogP contribution < -0.4 is 11.1 Å². The fourth-order valence-electron chi connectivity index (χ4n) is 1.61. The maximum absolute atomic E-state index is 5.87. The summed E-state index contributed by atoms with van der Waals surface area (Å²) >= 11 is 1.48. The van der Waals surface area contributed by atoms with E-state index in [0.717, 1.165) is 18.2 Å². The number of rotatable bonds is 4. The van der Waals surface area contributed by atoms with Gasteiger partial charge in [-0.25, -0.2) is 0 Å². The van der Waals surface area contributed by atoms with E-state index in [2.05, 4.69) is 15.5 Å². The fourth-order valence-corrected chi connectivity index (χ4v) is 2.10. The van der Waals surface area contributed by atoms with Gasteiger partial charge in [-0.05, 0) is 13.3 Å². The second-order valence-electron chi connectivity index (χ2n) is 3.31. The predicted octanol–water partition coefficient (Wildman–Crippen LogP) is 0.455. The second kappa shape index (κ2) is 4.20. The van der Waals surface area contributed by atoms with Crippen LogP contribution in [0.1, 0.15) is 13.3 Å². The van der Waals surface area contributed by atoms with E-state index in [1.165, 1.54) is 11.3 Å². The first-order chi connectivity index (χ1) is 6.81. The van der Waals surface area contributed by atoms with Crippen molar-refractivity contribution >= 4 is 16.5 Å². The largest absolute Gasteiger partial charge is 0.376 e. The molecular weight excluding hydrogens is 200 g/mol. The first kappa shape index (κ1) is 9.82. The molecule has 0 aliphatic heterocycles. The van der Waals surface area contributed by atoms with Crippen LogP contribution >= 0.6 is 11.3 Å². The molecule has 3 atom stereocenters. The Labute approximate surface area is 86.7 Å². The quantitative estimate of drug-likeness (QED) is 0.761. The summed E-state index contributed by atoms with van der Waals surface area (Å²) in [5.41, 5.74) is 7.57. The van der Waals surface area contributed by atoms with Gasteiger partial charge in [0.05, 0.1) is 12.1 Å². The van der Waals surface area contributed by atoms with Crippen LogP contribution in [-0.4, -0.2) is 35.0 Å². The highest BCUT2D eigenvalue weighted by atomic mass is 32.1. The molecule has 78 valence electrons. The lowest BCUT2D eigenvalue weighted by Gasteiger charge is -2.42. The van der Waals surface area contributed by atoms with Gasteiger partial charge in [-0.15, -0.1) is 10.2 Å². The van der Waals surface area contributed by atoms with E-state index in [1.54, 1.807) is 5.51 Å². The van der Waals surface area contributed by atoms with Crippen molar-refractivity contribution < 1.29 is 4.74 Å². The molecule has 3 N–H and O–H groups in total. The molecular formula is C8H14N4OS. The molecule has 0 aromatic carbocycles. The number of hydrogen-bond acceptors (Lipinski definition) is 6. The maximum Gasteiger partial charge on any atom is 0.205 e. The summed E-state index contributed by atoms with van der Waals surface area (Å²) in [6, 6.07) is 0.346. The van der Waals surface area contributed by atoms with Crippen molar-refractivity contribution in [1.29, 1.82) is 0 Å². The van der Waals surface area contributed by atoms with Crippen LogP contribution in [0, 0.1) is 0 Å². The minimum atomic E-state index is 0.162. The van der Waals surface area contributed by atoms with Crippen molar-refractivity contribution in [3.8, 4) is 0 Å². The standard InChI is InChI=1S/C8H14N4OS/c1-2-13-6-3-5(9)7(6)11-8-12-10-4-14-8/h4-7H,2-3,9H2,1H3,(H,11,12). The van der Waals surface area contributed by atoms with E-state index in [-0.39, 0.29) is 18.2 Å². The average Bonchev–Trinajstić information content (AvgIpc) is 2.66. The third-order valence-electron chi connectivity index (χ3n) is 2.40. The summed E-state index contributed by atoms with van der Waals surface area (Å²) in [6.07, 6.45) is 1.14. The number of nitrogens with zero attached hydrogens (tertiary/aromatic N) is 2. The van der Waals surface area contributed by atoms with Gasteiger partial charge < -0.3 is 15.8 Å². The minimum Gasteiger partial charge on any atom is -0.376 e. The van der Waals surface area contributed by atoms with Gasteiger partial charge in [-0.3, -0.25) is 0 Å². The first-order valence-electron chi connectivity index (χ1n) is 4.71. The smallest absolute Gasteiger partial charge is 0.205 e. The summed E-state index contributed by atoms with van der Waals surface area (Å²) in [5, 5.41) is 11.7. The van der Waals surface area contributed by atoms with Crippen molar-refractivity contribution in [1.82, 2.24) is 10.2 Å². The lowest BCUT2D eigenvalue weighted by Crippen LogP contribution is -2.60. The lowest BCUT2D eigenvalue weighted by atomic mass is 9.83. The van der Waals surface area contributed by atoms with Crippen LogP contribution in [0.25, 0.3) is 0 Å². The molecule has 1 fully saturated rings. The molecule has 1 aromatic heterocycles. The van der Waals surface area contributed by atoms with Crippen LogP contribution in [-0.2, 0) is 4.74 Å². The Morgan fingerprint density at radius 2 is 2.64 bits per heavy atom. The van der Waals surface area contributed by atoms with Crippen molar-refractivity contribution in [3.05, 3.63) is 5.51 Å².